The van der Waals surface area contributed by atoms with Crippen LogP contribution in [-0.2, 0) is 14.8 Å². The van der Waals surface area contributed by atoms with Crippen molar-refractivity contribution in [1.29, 1.82) is 0 Å². The molecule has 4 rings (SSSR count). The van der Waals surface area contributed by atoms with E-state index < -0.39 is 10.0 Å². The average molecular weight is 471 g/mol. The summed E-state index contributed by atoms with van der Waals surface area (Å²) >= 11 is 5.96. The van der Waals surface area contributed by atoms with E-state index in [2.05, 4.69) is 10.0 Å². The van der Waals surface area contributed by atoms with Crippen molar-refractivity contribution in [3.05, 3.63) is 82.9 Å². The molecule has 164 valence electrons. The van der Waals surface area contributed by atoms with Crippen LogP contribution < -0.4 is 19.5 Å². The standard InChI is InChI=1S/C23H19ClN2O5S/c1-15-2-5-17(24)13-20(15)26-32(28,29)19-8-6-18(7-9-19)25-23(27)11-4-16-3-10-21-22(12-16)31-14-30-21/h2-13,26H,14H2,1H3,(H,25,27)/b11-4+. The highest BCUT2D eigenvalue weighted by Gasteiger charge is 2.16. The van der Waals surface area contributed by atoms with Crippen LogP contribution in [0, 0.1) is 6.92 Å². The van der Waals surface area contributed by atoms with Gasteiger partial charge in [0.05, 0.1) is 10.6 Å². The third kappa shape index (κ3) is 5.04. The number of hydrogen-bond donors (Lipinski definition) is 2. The Hall–Kier alpha value is -3.49. The van der Waals surface area contributed by atoms with Gasteiger partial charge in [0.15, 0.2) is 11.5 Å². The Kier molecular flexibility index (Phi) is 6.07. The number of benzene rings is 3. The number of hydrogen-bond acceptors (Lipinski definition) is 5. The van der Waals surface area contributed by atoms with Gasteiger partial charge in [-0.3, -0.25) is 9.52 Å². The topological polar surface area (TPSA) is 93.7 Å². The molecule has 3 aromatic rings. The van der Waals surface area contributed by atoms with Crippen molar-refractivity contribution in [3.63, 3.8) is 0 Å². The van der Waals surface area contributed by atoms with Gasteiger partial charge in [0.25, 0.3) is 10.0 Å². The van der Waals surface area contributed by atoms with Crippen LogP contribution in [0.1, 0.15) is 11.1 Å². The minimum Gasteiger partial charge on any atom is -0.454 e. The van der Waals surface area contributed by atoms with Crippen molar-refractivity contribution in [2.24, 2.45) is 0 Å². The minimum absolute atomic E-state index is 0.0609. The third-order valence-corrected chi connectivity index (χ3v) is 6.32. The van der Waals surface area contributed by atoms with Crippen LogP contribution in [0.4, 0.5) is 11.4 Å². The van der Waals surface area contributed by atoms with Gasteiger partial charge in [-0.25, -0.2) is 8.42 Å². The van der Waals surface area contributed by atoms with E-state index in [1.165, 1.54) is 30.3 Å². The fraction of sp³-hybridized carbons (Fsp3) is 0.0870. The Labute approximate surface area is 190 Å². The lowest BCUT2D eigenvalue weighted by Crippen LogP contribution is -2.14. The zero-order valence-electron chi connectivity index (χ0n) is 17.0. The molecule has 0 aliphatic carbocycles. The number of halogens is 1. The molecule has 0 spiro atoms. The fourth-order valence-corrected chi connectivity index (χ4v) is 4.29. The molecule has 0 unspecified atom stereocenters. The van der Waals surface area contributed by atoms with Crippen LogP contribution in [0.25, 0.3) is 6.08 Å². The number of ether oxygens (including phenoxy) is 2. The molecular formula is C23H19ClN2O5S. The molecule has 3 aromatic carbocycles. The zero-order chi connectivity index (χ0) is 22.7. The fourth-order valence-electron chi connectivity index (χ4n) is 3.00. The maximum Gasteiger partial charge on any atom is 0.261 e. The molecule has 0 radical (unpaired) electrons. The second-order valence-electron chi connectivity index (χ2n) is 7.02. The zero-order valence-corrected chi connectivity index (χ0v) is 18.5. The maximum atomic E-state index is 12.7. The largest absolute Gasteiger partial charge is 0.454 e. The van der Waals surface area contributed by atoms with E-state index >= 15 is 0 Å². The molecule has 1 amide bonds. The maximum absolute atomic E-state index is 12.7. The Morgan fingerprint density at radius 1 is 1.00 bits per heavy atom. The van der Waals surface area contributed by atoms with Crippen LogP contribution in [0.2, 0.25) is 5.02 Å². The van der Waals surface area contributed by atoms with Crippen LogP contribution >= 0.6 is 11.6 Å². The van der Waals surface area contributed by atoms with Gasteiger partial charge in [0.1, 0.15) is 0 Å². The van der Waals surface area contributed by atoms with Gasteiger partial charge in [0, 0.05) is 16.8 Å². The molecule has 0 aromatic heterocycles. The summed E-state index contributed by atoms with van der Waals surface area (Å²) < 4.78 is 38.4. The first-order valence-corrected chi connectivity index (χ1v) is 11.4. The van der Waals surface area contributed by atoms with Gasteiger partial charge in [-0.1, -0.05) is 23.7 Å². The Morgan fingerprint density at radius 3 is 2.53 bits per heavy atom. The van der Waals surface area contributed by atoms with Crippen LogP contribution in [0.5, 0.6) is 11.5 Å². The van der Waals surface area contributed by atoms with Crippen molar-refractivity contribution in [2.75, 3.05) is 16.8 Å². The summed E-state index contributed by atoms with van der Waals surface area (Å²) in [5.74, 6) is 0.943. The number of anilines is 2. The smallest absolute Gasteiger partial charge is 0.261 e. The predicted molar refractivity (Wildman–Crippen MR) is 124 cm³/mol. The highest BCUT2D eigenvalue weighted by molar-refractivity contribution is 7.92. The normalized spacial score (nSPS) is 12.7. The Balaban J connectivity index is 1.40. The van der Waals surface area contributed by atoms with Gasteiger partial charge < -0.3 is 14.8 Å². The van der Waals surface area contributed by atoms with E-state index in [4.69, 9.17) is 21.1 Å². The van der Waals surface area contributed by atoms with Gasteiger partial charge in [-0.2, -0.15) is 0 Å². The van der Waals surface area contributed by atoms with Crippen molar-refractivity contribution in [2.45, 2.75) is 11.8 Å². The second-order valence-corrected chi connectivity index (χ2v) is 9.14. The lowest BCUT2D eigenvalue weighted by molar-refractivity contribution is -0.111. The predicted octanol–water partition coefficient (Wildman–Crippen LogP) is 4.83. The van der Waals surface area contributed by atoms with Crippen LogP contribution in [0.15, 0.2) is 71.6 Å². The number of fused-ring (bicyclic) bond motifs is 1. The van der Waals surface area contributed by atoms with Crippen LogP contribution in [0.3, 0.4) is 0 Å². The van der Waals surface area contributed by atoms with E-state index in [9.17, 15) is 13.2 Å². The van der Waals surface area contributed by atoms with E-state index in [1.807, 2.05) is 6.07 Å². The first kappa shape index (κ1) is 21.7. The number of sulfonamides is 1. The molecule has 32 heavy (non-hydrogen) atoms. The summed E-state index contributed by atoms with van der Waals surface area (Å²) in [6.45, 7) is 1.97. The molecule has 0 bridgehead atoms. The lowest BCUT2D eigenvalue weighted by Gasteiger charge is -2.11. The minimum atomic E-state index is -3.81. The molecule has 7 nitrogen and oxygen atoms in total. The first-order chi connectivity index (χ1) is 15.3. The number of carbonyl (C=O) groups excluding carboxylic acids is 1. The number of amides is 1. The highest BCUT2D eigenvalue weighted by Crippen LogP contribution is 2.32. The summed E-state index contributed by atoms with van der Waals surface area (Å²) in [7, 11) is -3.81. The van der Waals surface area contributed by atoms with Gasteiger partial charge in [-0.15, -0.1) is 0 Å². The van der Waals surface area contributed by atoms with Gasteiger partial charge in [0.2, 0.25) is 12.7 Å². The molecule has 9 heteroatoms. The van der Waals surface area contributed by atoms with Crippen molar-refractivity contribution in [1.82, 2.24) is 0 Å². The van der Waals surface area contributed by atoms with Crippen molar-refractivity contribution >= 4 is 45.0 Å². The molecule has 0 saturated carbocycles. The summed E-state index contributed by atoms with van der Waals surface area (Å²) in [5.41, 5.74) is 2.40. The quantitative estimate of drug-likeness (QED) is 0.503. The summed E-state index contributed by atoms with van der Waals surface area (Å²) in [6.07, 6.45) is 3.03. The SMILES string of the molecule is Cc1ccc(Cl)cc1NS(=O)(=O)c1ccc(NC(=O)/C=C/c2ccc3c(c2)OCO3)cc1. The average Bonchev–Trinajstić information content (AvgIpc) is 3.23. The number of aryl methyl sites for hydroxylation is 1. The van der Waals surface area contributed by atoms with E-state index in [0.717, 1.165) is 11.1 Å². The van der Waals surface area contributed by atoms with Gasteiger partial charge >= 0.3 is 0 Å². The summed E-state index contributed by atoms with van der Waals surface area (Å²) in [4.78, 5) is 12.3. The highest BCUT2D eigenvalue weighted by atomic mass is 35.5. The van der Waals surface area contributed by atoms with E-state index in [1.54, 1.807) is 43.3 Å². The molecule has 2 N–H and O–H groups in total. The van der Waals surface area contributed by atoms with Gasteiger partial charge in [-0.05, 0) is 72.7 Å². The number of nitrogens with one attached hydrogen (secondary N) is 2. The second kappa shape index (κ2) is 8.94. The van der Waals surface area contributed by atoms with E-state index in [0.29, 0.717) is 27.9 Å². The molecule has 0 saturated heterocycles. The molecule has 1 heterocycles. The summed E-state index contributed by atoms with van der Waals surface area (Å²) in [6, 6.07) is 16.2. The van der Waals surface area contributed by atoms with E-state index in [-0.39, 0.29) is 17.6 Å². The van der Waals surface area contributed by atoms with Crippen molar-refractivity contribution in [3.8, 4) is 11.5 Å². The van der Waals surface area contributed by atoms with Crippen LogP contribution in [-0.4, -0.2) is 21.1 Å². The lowest BCUT2D eigenvalue weighted by atomic mass is 10.2. The third-order valence-electron chi connectivity index (χ3n) is 4.70. The molecule has 1 aliphatic heterocycles. The molecule has 1 aliphatic rings. The molecule has 0 atom stereocenters. The monoisotopic (exact) mass is 470 g/mol. The Bertz CT molecular complexity index is 1300. The first-order valence-electron chi connectivity index (χ1n) is 9.58. The van der Waals surface area contributed by atoms with Crippen molar-refractivity contribution < 1.29 is 22.7 Å². The summed E-state index contributed by atoms with van der Waals surface area (Å²) in [5, 5.41) is 3.13. The number of rotatable bonds is 6. The Morgan fingerprint density at radius 2 is 1.75 bits per heavy atom. The number of carbonyl (C=O) groups is 1. The molecular weight excluding hydrogens is 452 g/mol. The molecule has 0 fully saturated rings.